The predicted octanol–water partition coefficient (Wildman–Crippen LogP) is 7.14. The molecule has 0 heterocycles. The van der Waals surface area contributed by atoms with Crippen molar-refractivity contribution in [3.63, 3.8) is 0 Å². The molecule has 0 aromatic heterocycles. The molecule has 0 fully saturated rings. The van der Waals surface area contributed by atoms with Gasteiger partial charge in [-0.05, 0) is 23.3 Å². The maximum absolute atomic E-state index is 14.7. The Morgan fingerprint density at radius 1 is 0.800 bits per heavy atom. The number of hydrogen-bond acceptors (Lipinski definition) is 2. The van der Waals surface area contributed by atoms with Gasteiger partial charge in [-0.25, -0.2) is 0 Å². The Kier molecular flexibility index (Phi) is 6.95. The first-order valence-electron chi connectivity index (χ1n) is 8.25. The van der Waals surface area contributed by atoms with E-state index in [9.17, 15) is 39.5 Å². The molecule has 0 radical (unpaired) electrons. The van der Waals surface area contributed by atoms with E-state index in [-0.39, 0.29) is 23.3 Å². The molecule has 0 aliphatic rings. The topological polar surface area (TPSA) is 9.23 Å². The second-order valence-electron chi connectivity index (χ2n) is 6.22. The molecule has 0 aliphatic carbocycles. The van der Waals surface area contributed by atoms with Gasteiger partial charge in [0, 0.05) is 5.75 Å². The molecule has 2 aromatic rings. The van der Waals surface area contributed by atoms with Crippen LogP contribution in [-0.2, 0) is 5.75 Å². The summed E-state index contributed by atoms with van der Waals surface area (Å²) in [4.78, 5) is 0. The Labute approximate surface area is 170 Å². The molecule has 0 unspecified atom stereocenters. The number of thioether (sulfide) groups is 1. The van der Waals surface area contributed by atoms with Crippen LogP contribution < -0.4 is 4.74 Å². The Morgan fingerprint density at radius 3 is 1.93 bits per heavy atom. The molecule has 0 N–H and O–H groups in total. The quantitative estimate of drug-likeness (QED) is 0.386. The number of hydrogen-bond donors (Lipinski definition) is 0. The fraction of sp³-hybridized carbons (Fsp3) is 0.368. The van der Waals surface area contributed by atoms with Crippen LogP contribution in [-0.4, -0.2) is 31.1 Å². The molecule has 0 amide bonds. The minimum Gasteiger partial charge on any atom is -0.497 e. The molecule has 1 nitrogen and oxygen atoms in total. The minimum absolute atomic E-state index is 0.0560. The number of halogens is 9. The van der Waals surface area contributed by atoms with Gasteiger partial charge in [0.15, 0.2) is 0 Å². The van der Waals surface area contributed by atoms with E-state index in [1.807, 2.05) is 0 Å². The lowest BCUT2D eigenvalue weighted by atomic mass is 9.96. The molecule has 166 valence electrons. The summed E-state index contributed by atoms with van der Waals surface area (Å²) >= 11 is 0.121. The largest absolute Gasteiger partial charge is 0.497 e. The first kappa shape index (κ1) is 24.2. The number of rotatable bonds is 8. The highest BCUT2D eigenvalue weighted by Crippen LogP contribution is 2.59. The smallest absolute Gasteiger partial charge is 0.460 e. The third-order valence-corrected chi connectivity index (χ3v) is 5.56. The van der Waals surface area contributed by atoms with Crippen LogP contribution in [0.5, 0.6) is 5.75 Å². The van der Waals surface area contributed by atoms with Gasteiger partial charge in [0.1, 0.15) is 11.0 Å². The summed E-state index contributed by atoms with van der Waals surface area (Å²) in [5.74, 6) is -19.8. The number of methoxy groups -OCH3 is 1. The van der Waals surface area contributed by atoms with Crippen LogP contribution in [0.25, 0.3) is 0 Å². The normalized spacial score (nSPS) is 14.5. The van der Waals surface area contributed by atoms with Crippen molar-refractivity contribution in [2.75, 3.05) is 7.11 Å². The van der Waals surface area contributed by atoms with E-state index in [0.717, 1.165) is 25.3 Å². The molecule has 0 saturated heterocycles. The highest BCUT2D eigenvalue weighted by molar-refractivity contribution is 7.98. The average Bonchev–Trinajstić information content (AvgIpc) is 2.67. The van der Waals surface area contributed by atoms with Gasteiger partial charge < -0.3 is 4.74 Å². The molecular weight excluding hydrogens is 447 g/mol. The molecule has 0 saturated carbocycles. The highest BCUT2D eigenvalue weighted by atomic mass is 32.2. The van der Waals surface area contributed by atoms with E-state index in [0.29, 0.717) is 5.56 Å². The van der Waals surface area contributed by atoms with E-state index in [4.69, 9.17) is 4.74 Å². The van der Waals surface area contributed by atoms with Crippen LogP contribution in [0, 0.1) is 0 Å². The SMILES string of the molecule is COc1cccc([C@@H](SCc2ccccc2)C(F)(F)C(F)(F)C(F)(F)C(F)(F)F)c1. The van der Waals surface area contributed by atoms with Crippen LogP contribution in [0.4, 0.5) is 39.5 Å². The average molecular weight is 462 g/mol. The van der Waals surface area contributed by atoms with Gasteiger partial charge >= 0.3 is 23.9 Å². The van der Waals surface area contributed by atoms with Crippen molar-refractivity contribution < 1.29 is 44.3 Å². The summed E-state index contributed by atoms with van der Waals surface area (Å²) in [7, 11) is 1.15. The van der Waals surface area contributed by atoms with Gasteiger partial charge in [-0.15, -0.1) is 11.8 Å². The van der Waals surface area contributed by atoms with Crippen molar-refractivity contribution in [2.24, 2.45) is 0 Å². The fourth-order valence-corrected chi connectivity index (χ4v) is 3.77. The third kappa shape index (κ3) is 4.50. The maximum atomic E-state index is 14.7. The Morgan fingerprint density at radius 2 is 1.40 bits per heavy atom. The summed E-state index contributed by atoms with van der Waals surface area (Å²) in [6, 6.07) is 11.8. The van der Waals surface area contributed by atoms with Crippen LogP contribution in [0.2, 0.25) is 0 Å². The molecule has 0 spiro atoms. The summed E-state index contributed by atoms with van der Waals surface area (Å²) in [6.45, 7) is 0. The second kappa shape index (κ2) is 8.60. The van der Waals surface area contributed by atoms with E-state index in [1.165, 1.54) is 30.3 Å². The first-order valence-corrected chi connectivity index (χ1v) is 9.30. The van der Waals surface area contributed by atoms with Crippen LogP contribution in [0.15, 0.2) is 54.6 Å². The van der Waals surface area contributed by atoms with Crippen molar-refractivity contribution in [1.29, 1.82) is 0 Å². The lowest BCUT2D eigenvalue weighted by Crippen LogP contribution is -2.62. The lowest BCUT2D eigenvalue weighted by molar-refractivity contribution is -0.396. The van der Waals surface area contributed by atoms with Crippen molar-refractivity contribution in [3.05, 3.63) is 65.7 Å². The summed E-state index contributed by atoms with van der Waals surface area (Å²) in [5.41, 5.74) is -0.199. The number of ether oxygens (including phenoxy) is 1. The van der Waals surface area contributed by atoms with Crippen molar-refractivity contribution in [1.82, 2.24) is 0 Å². The fourth-order valence-electron chi connectivity index (χ4n) is 2.52. The monoisotopic (exact) mass is 462 g/mol. The molecule has 2 rings (SSSR count). The lowest BCUT2D eigenvalue weighted by Gasteiger charge is -2.37. The van der Waals surface area contributed by atoms with Gasteiger partial charge in [-0.3, -0.25) is 0 Å². The molecule has 2 aromatic carbocycles. The van der Waals surface area contributed by atoms with Crippen LogP contribution in [0.3, 0.4) is 0 Å². The molecule has 0 bridgehead atoms. The zero-order valence-electron chi connectivity index (χ0n) is 15.2. The van der Waals surface area contributed by atoms with Crippen LogP contribution >= 0.6 is 11.8 Å². The minimum atomic E-state index is -6.95. The standard InChI is InChI=1S/C19H15F9OS/c1-29-14-9-5-8-13(10-14)15(30-11-12-6-3-2-4-7-12)16(20,21)17(22,23)18(24,25)19(26,27)28/h2-10,15H,11H2,1H3/t15-/m1/s1. The summed E-state index contributed by atoms with van der Waals surface area (Å²) < 4.78 is 127. The Balaban J connectivity index is 2.52. The van der Waals surface area contributed by atoms with Gasteiger partial charge in [0.25, 0.3) is 0 Å². The van der Waals surface area contributed by atoms with Gasteiger partial charge in [-0.2, -0.15) is 39.5 Å². The van der Waals surface area contributed by atoms with Gasteiger partial charge in [0.05, 0.1) is 7.11 Å². The van der Waals surface area contributed by atoms with Crippen molar-refractivity contribution in [3.8, 4) is 5.75 Å². The number of benzene rings is 2. The zero-order valence-corrected chi connectivity index (χ0v) is 16.0. The zero-order chi connectivity index (χ0) is 22.8. The van der Waals surface area contributed by atoms with E-state index < -0.39 is 34.8 Å². The van der Waals surface area contributed by atoms with Gasteiger partial charge in [0.2, 0.25) is 0 Å². The Bertz CT molecular complexity index is 837. The summed E-state index contributed by atoms with van der Waals surface area (Å²) in [5, 5.41) is -2.73. The van der Waals surface area contributed by atoms with Crippen molar-refractivity contribution >= 4 is 11.8 Å². The van der Waals surface area contributed by atoms with Gasteiger partial charge in [-0.1, -0.05) is 42.5 Å². The van der Waals surface area contributed by atoms with E-state index in [1.54, 1.807) is 6.07 Å². The Hall–Kier alpha value is -2.04. The molecule has 1 atom stereocenters. The second-order valence-corrected chi connectivity index (χ2v) is 7.32. The summed E-state index contributed by atoms with van der Waals surface area (Å²) in [6.07, 6.45) is -6.87. The molecule has 0 aliphatic heterocycles. The maximum Gasteiger partial charge on any atom is 0.460 e. The third-order valence-electron chi connectivity index (χ3n) is 4.15. The first-order chi connectivity index (χ1) is 13.8. The number of alkyl halides is 9. The van der Waals surface area contributed by atoms with E-state index in [2.05, 4.69) is 0 Å². The molecule has 11 heteroatoms. The van der Waals surface area contributed by atoms with E-state index >= 15 is 0 Å². The molecular formula is C19H15F9OS. The van der Waals surface area contributed by atoms with Crippen LogP contribution in [0.1, 0.15) is 16.4 Å². The van der Waals surface area contributed by atoms with Crippen molar-refractivity contribution in [2.45, 2.75) is 34.9 Å². The molecule has 30 heavy (non-hydrogen) atoms. The predicted molar refractivity (Wildman–Crippen MR) is 94.4 cm³/mol. The highest BCUT2D eigenvalue weighted by Gasteiger charge is 2.83.